The predicted molar refractivity (Wildman–Crippen MR) is 109 cm³/mol. The minimum atomic E-state index is 0. The zero-order valence-electron chi connectivity index (χ0n) is 17.8. The van der Waals surface area contributed by atoms with Crippen molar-refractivity contribution in [1.29, 1.82) is 0 Å². The summed E-state index contributed by atoms with van der Waals surface area (Å²) in [6, 6.07) is 11.3. The Labute approximate surface area is 191 Å². The number of hydrogen-bond donors (Lipinski definition) is 0. The van der Waals surface area contributed by atoms with Gasteiger partial charge in [-0.2, -0.15) is 52.1 Å². The normalized spacial score (nSPS) is 9.73. The van der Waals surface area contributed by atoms with Gasteiger partial charge in [-0.1, -0.05) is 73.6 Å². The summed E-state index contributed by atoms with van der Waals surface area (Å²) < 4.78 is 0. The fourth-order valence-corrected chi connectivity index (χ4v) is 2.87. The van der Waals surface area contributed by atoms with Crippen LogP contribution in [0.4, 0.5) is 0 Å². The van der Waals surface area contributed by atoms with Gasteiger partial charge in [0.1, 0.15) is 0 Å². The molecule has 2 aromatic carbocycles. The second-order valence-electron chi connectivity index (χ2n) is 7.25. The molecule has 0 N–H and O–H groups in total. The van der Waals surface area contributed by atoms with Crippen molar-refractivity contribution in [2.45, 2.75) is 79.6 Å². The number of rotatable bonds is 4. The zero-order chi connectivity index (χ0) is 18.9. The average Bonchev–Trinajstić information content (AvgIpc) is 3.16. The molecule has 0 unspecified atom stereocenters. The zero-order valence-corrected chi connectivity index (χ0v) is 23.2. The van der Waals surface area contributed by atoms with Gasteiger partial charge in [0.25, 0.3) is 0 Å². The Kier molecular flexibility index (Phi) is 19.5. The molecule has 0 amide bonds. The molecule has 0 nitrogen and oxygen atoms in total. The third-order valence-corrected chi connectivity index (χ3v) is 4.45. The van der Waals surface area contributed by atoms with E-state index in [4.69, 9.17) is 0 Å². The van der Waals surface area contributed by atoms with Crippen molar-refractivity contribution in [1.82, 2.24) is 0 Å². The topological polar surface area (TPSA) is 0 Å². The van der Waals surface area contributed by atoms with E-state index in [0.29, 0.717) is 17.8 Å². The summed E-state index contributed by atoms with van der Waals surface area (Å²) in [5, 5.41) is 0. The van der Waals surface area contributed by atoms with E-state index in [-0.39, 0.29) is 24.8 Å². The van der Waals surface area contributed by atoms with Crippen LogP contribution in [0.1, 0.15) is 94.0 Å². The molecule has 0 fully saturated rings. The molecular formula is C22H36Cl2SiZr-2. The van der Waals surface area contributed by atoms with Crippen LogP contribution >= 0.6 is 0 Å². The first kappa shape index (κ1) is 31.1. The fraction of sp³-hybridized carbons (Fsp3) is 0.545. The molecule has 0 atom stereocenters. The first-order valence-corrected chi connectivity index (χ1v) is 15.1. The van der Waals surface area contributed by atoms with Gasteiger partial charge in [0.15, 0.2) is 0 Å². The third kappa shape index (κ3) is 10.1. The van der Waals surface area contributed by atoms with Gasteiger partial charge in [0, 0.05) is 0 Å². The van der Waals surface area contributed by atoms with E-state index in [2.05, 4.69) is 85.7 Å². The quantitative estimate of drug-likeness (QED) is 0.423. The maximum absolute atomic E-state index is 2.31. The van der Waals surface area contributed by atoms with Crippen LogP contribution in [0, 0.1) is 6.92 Å². The monoisotopic (exact) mass is 488 g/mol. The predicted octanol–water partition coefficient (Wildman–Crippen LogP) is 0.141. The van der Waals surface area contributed by atoms with Crippen molar-refractivity contribution in [2.24, 2.45) is 0 Å². The first-order chi connectivity index (χ1) is 11.3. The molecule has 0 spiro atoms. The van der Waals surface area contributed by atoms with Crippen molar-refractivity contribution < 1.29 is 48.1 Å². The van der Waals surface area contributed by atoms with Crippen LogP contribution in [-0.2, 0) is 29.8 Å². The molecule has 2 aromatic rings. The molecule has 0 aliphatic rings. The van der Waals surface area contributed by atoms with E-state index in [1.165, 1.54) is 28.7 Å². The molecule has 2 rings (SSSR count). The van der Waals surface area contributed by atoms with Crippen LogP contribution < -0.4 is 24.8 Å². The molecule has 0 saturated carbocycles. The summed E-state index contributed by atoms with van der Waals surface area (Å²) in [6.45, 7) is 19.8. The Balaban J connectivity index is -0.000000347. The van der Waals surface area contributed by atoms with Crippen LogP contribution in [0.5, 0.6) is 0 Å². The SMILES string of the molecule is CC(C)c1c[cH-]c(C(C)C)c1.CCc1c(C(C)C)c[cH-]c1C.[Cl-].[Cl-].[SiH2]=[Zr+2]. The molecule has 0 radical (unpaired) electrons. The van der Waals surface area contributed by atoms with E-state index in [0.717, 1.165) is 0 Å². The molecule has 0 aliphatic carbocycles. The van der Waals surface area contributed by atoms with E-state index < -0.39 is 0 Å². The molecule has 0 aromatic heterocycles. The molecule has 148 valence electrons. The van der Waals surface area contributed by atoms with E-state index in [1.807, 2.05) is 6.88 Å². The van der Waals surface area contributed by atoms with Crippen molar-refractivity contribution in [3.05, 3.63) is 58.1 Å². The Morgan fingerprint density at radius 1 is 0.885 bits per heavy atom. The fourth-order valence-electron chi connectivity index (χ4n) is 2.87. The van der Waals surface area contributed by atoms with Gasteiger partial charge in [-0.15, -0.1) is 0 Å². The van der Waals surface area contributed by atoms with Crippen molar-refractivity contribution in [3.63, 3.8) is 0 Å². The molecule has 26 heavy (non-hydrogen) atoms. The van der Waals surface area contributed by atoms with Gasteiger partial charge >= 0.3 is 30.2 Å². The molecule has 0 aliphatic heterocycles. The Hall–Kier alpha value is 0.380. The van der Waals surface area contributed by atoms with Crippen LogP contribution in [0.15, 0.2) is 30.3 Å². The van der Waals surface area contributed by atoms with Gasteiger partial charge in [0.05, 0.1) is 0 Å². The van der Waals surface area contributed by atoms with Gasteiger partial charge in [0.2, 0.25) is 0 Å². The van der Waals surface area contributed by atoms with Crippen LogP contribution in [0.2, 0.25) is 0 Å². The Morgan fingerprint density at radius 3 is 1.69 bits per heavy atom. The van der Waals surface area contributed by atoms with Gasteiger partial charge in [-0.3, -0.25) is 0 Å². The first-order valence-electron chi connectivity index (χ1n) is 9.14. The minimum absolute atomic E-state index is 0. The summed E-state index contributed by atoms with van der Waals surface area (Å²) >= 11 is 1.58. The summed E-state index contributed by atoms with van der Waals surface area (Å²) in [6.07, 6.45) is 1.17. The number of halogens is 2. The summed E-state index contributed by atoms with van der Waals surface area (Å²) in [5.41, 5.74) is 7.48. The number of aryl methyl sites for hydroxylation is 1. The molecule has 4 heteroatoms. The summed E-state index contributed by atoms with van der Waals surface area (Å²) in [4.78, 5) is 0. The van der Waals surface area contributed by atoms with Crippen molar-refractivity contribution in [3.8, 4) is 0 Å². The molecule has 0 saturated heterocycles. The van der Waals surface area contributed by atoms with Gasteiger partial charge in [-0.25, -0.2) is 6.07 Å². The Morgan fingerprint density at radius 2 is 1.42 bits per heavy atom. The van der Waals surface area contributed by atoms with Gasteiger partial charge < -0.3 is 24.8 Å². The second kappa shape index (κ2) is 16.3. The van der Waals surface area contributed by atoms with Crippen molar-refractivity contribution in [2.75, 3.05) is 0 Å². The number of hydrogen-bond acceptors (Lipinski definition) is 0. The summed E-state index contributed by atoms with van der Waals surface area (Å²) in [7, 11) is 0. The Bertz CT molecular complexity index is 560. The summed E-state index contributed by atoms with van der Waals surface area (Å²) in [5.74, 6) is 2.02. The maximum atomic E-state index is 2.31. The average molecular weight is 491 g/mol. The van der Waals surface area contributed by atoms with Gasteiger partial charge in [-0.05, 0) is 5.92 Å². The second-order valence-corrected chi connectivity index (χ2v) is 7.25. The van der Waals surface area contributed by atoms with Crippen molar-refractivity contribution >= 4 is 6.88 Å². The van der Waals surface area contributed by atoms with E-state index >= 15 is 0 Å². The van der Waals surface area contributed by atoms with E-state index in [1.54, 1.807) is 28.9 Å². The standard InChI is InChI=1S/2C11H17.2ClH.H2Si.Zr/c1-8(2)10-5-6-11(7-10)9(3)4;1-5-10-9(4)6-7-11(10)8(2)3;;;;/h5-9H,1-4H3;6-8H,5H2,1-4H3;2*1H;1H2;/q2*-1;;;;+2/p-2. The molecular weight excluding hydrogens is 454 g/mol. The van der Waals surface area contributed by atoms with Crippen LogP contribution in [0.3, 0.4) is 0 Å². The third-order valence-electron chi connectivity index (χ3n) is 4.45. The molecule has 0 bridgehead atoms. The molecule has 0 heterocycles. The van der Waals surface area contributed by atoms with Crippen LogP contribution in [-0.4, -0.2) is 6.88 Å². The van der Waals surface area contributed by atoms with E-state index in [9.17, 15) is 0 Å². The van der Waals surface area contributed by atoms with Crippen LogP contribution in [0.25, 0.3) is 0 Å².